The Balaban J connectivity index is 2.33. The van der Waals surface area contributed by atoms with Crippen molar-refractivity contribution in [2.45, 2.75) is 13.5 Å². The summed E-state index contributed by atoms with van der Waals surface area (Å²) in [6.07, 6.45) is 1.69. The first kappa shape index (κ1) is 12.6. The van der Waals surface area contributed by atoms with Gasteiger partial charge in [-0.25, -0.2) is 4.79 Å². The summed E-state index contributed by atoms with van der Waals surface area (Å²) in [5.74, 6) is -0.343. The molecule has 0 saturated heterocycles. The standard InChI is InChI=1S/C13H16N2O3/c1-3-18-8-7-15-12-6-4-5-10(13(16)17-2)11(12)9-14-15/h4-6,9H,3,7-8H2,1-2H3. The highest BCUT2D eigenvalue weighted by Gasteiger charge is 2.12. The topological polar surface area (TPSA) is 53.4 Å². The minimum atomic E-state index is -0.343. The number of methoxy groups -OCH3 is 1. The molecule has 0 radical (unpaired) electrons. The molecule has 0 spiro atoms. The van der Waals surface area contributed by atoms with Gasteiger partial charge in [-0.15, -0.1) is 0 Å². The van der Waals surface area contributed by atoms with Gasteiger partial charge in [0.2, 0.25) is 0 Å². The summed E-state index contributed by atoms with van der Waals surface area (Å²) in [6.45, 7) is 3.92. The second-order valence-corrected chi connectivity index (χ2v) is 3.79. The molecule has 0 amide bonds. The lowest BCUT2D eigenvalue weighted by Gasteiger charge is -2.04. The lowest BCUT2D eigenvalue weighted by Crippen LogP contribution is -2.07. The molecule has 1 aromatic carbocycles. The fourth-order valence-corrected chi connectivity index (χ4v) is 1.86. The molecule has 1 aromatic heterocycles. The molecule has 2 rings (SSSR count). The Bertz CT molecular complexity index is 548. The lowest BCUT2D eigenvalue weighted by molar-refractivity contribution is 0.0603. The number of carbonyl (C=O) groups excluding carboxylic acids is 1. The smallest absolute Gasteiger partial charge is 0.338 e. The van der Waals surface area contributed by atoms with Crippen LogP contribution >= 0.6 is 0 Å². The van der Waals surface area contributed by atoms with Crippen molar-refractivity contribution in [2.24, 2.45) is 0 Å². The van der Waals surface area contributed by atoms with Crippen LogP contribution in [-0.4, -0.2) is 36.1 Å². The fraction of sp³-hybridized carbons (Fsp3) is 0.385. The minimum Gasteiger partial charge on any atom is -0.465 e. The summed E-state index contributed by atoms with van der Waals surface area (Å²) in [6, 6.07) is 5.50. The van der Waals surface area contributed by atoms with E-state index in [1.165, 1.54) is 7.11 Å². The van der Waals surface area contributed by atoms with Gasteiger partial charge < -0.3 is 9.47 Å². The first-order chi connectivity index (χ1) is 8.77. The number of rotatable bonds is 5. The van der Waals surface area contributed by atoms with Crippen LogP contribution in [0.15, 0.2) is 24.4 Å². The molecule has 5 nitrogen and oxygen atoms in total. The van der Waals surface area contributed by atoms with Crippen molar-refractivity contribution in [3.63, 3.8) is 0 Å². The molecule has 0 atom stereocenters. The summed E-state index contributed by atoms with van der Waals surface area (Å²) < 4.78 is 11.9. The third kappa shape index (κ3) is 2.36. The van der Waals surface area contributed by atoms with E-state index < -0.39 is 0 Å². The SMILES string of the molecule is CCOCCn1ncc2c(C(=O)OC)cccc21. The third-order valence-corrected chi connectivity index (χ3v) is 2.74. The van der Waals surface area contributed by atoms with Crippen molar-refractivity contribution in [2.75, 3.05) is 20.3 Å². The molecule has 0 unspecified atom stereocenters. The van der Waals surface area contributed by atoms with Gasteiger partial charge in [0, 0.05) is 12.0 Å². The third-order valence-electron chi connectivity index (χ3n) is 2.74. The van der Waals surface area contributed by atoms with Crippen molar-refractivity contribution in [3.05, 3.63) is 30.0 Å². The van der Waals surface area contributed by atoms with Crippen LogP contribution in [-0.2, 0) is 16.0 Å². The Morgan fingerprint density at radius 1 is 1.44 bits per heavy atom. The van der Waals surface area contributed by atoms with Gasteiger partial charge in [0.25, 0.3) is 0 Å². The van der Waals surface area contributed by atoms with Crippen LogP contribution in [0.4, 0.5) is 0 Å². The highest BCUT2D eigenvalue weighted by Crippen LogP contribution is 2.19. The second-order valence-electron chi connectivity index (χ2n) is 3.79. The molecule has 0 bridgehead atoms. The van der Waals surface area contributed by atoms with Gasteiger partial charge in [-0.05, 0) is 19.1 Å². The molecular weight excluding hydrogens is 232 g/mol. The Morgan fingerprint density at radius 2 is 2.28 bits per heavy atom. The molecule has 5 heteroatoms. The van der Waals surface area contributed by atoms with Gasteiger partial charge in [0.1, 0.15) is 0 Å². The van der Waals surface area contributed by atoms with Gasteiger partial charge in [-0.1, -0.05) is 6.07 Å². The van der Waals surface area contributed by atoms with Crippen molar-refractivity contribution >= 4 is 16.9 Å². The van der Waals surface area contributed by atoms with Crippen molar-refractivity contribution < 1.29 is 14.3 Å². The maximum Gasteiger partial charge on any atom is 0.338 e. The van der Waals surface area contributed by atoms with Gasteiger partial charge in [0.05, 0.1) is 37.5 Å². The van der Waals surface area contributed by atoms with E-state index in [9.17, 15) is 4.79 Å². The number of fused-ring (bicyclic) bond motifs is 1. The van der Waals surface area contributed by atoms with E-state index in [1.807, 2.05) is 23.7 Å². The number of hydrogen-bond acceptors (Lipinski definition) is 4. The second kappa shape index (κ2) is 5.64. The number of esters is 1. The van der Waals surface area contributed by atoms with Gasteiger partial charge in [0.15, 0.2) is 0 Å². The van der Waals surface area contributed by atoms with Crippen molar-refractivity contribution in [1.82, 2.24) is 9.78 Å². The molecule has 0 aliphatic carbocycles. The average molecular weight is 248 g/mol. The summed E-state index contributed by atoms with van der Waals surface area (Å²) in [5.41, 5.74) is 1.45. The minimum absolute atomic E-state index is 0.343. The summed E-state index contributed by atoms with van der Waals surface area (Å²) in [4.78, 5) is 11.6. The van der Waals surface area contributed by atoms with E-state index in [-0.39, 0.29) is 5.97 Å². The molecule has 96 valence electrons. The maximum absolute atomic E-state index is 11.6. The Kier molecular flexibility index (Phi) is 3.94. The number of nitrogens with zero attached hydrogens (tertiary/aromatic N) is 2. The number of hydrogen-bond donors (Lipinski definition) is 0. The van der Waals surface area contributed by atoms with E-state index in [2.05, 4.69) is 5.10 Å². The monoisotopic (exact) mass is 248 g/mol. The quantitative estimate of drug-likeness (QED) is 0.598. The Hall–Kier alpha value is -1.88. The Labute approximate surface area is 105 Å². The predicted molar refractivity (Wildman–Crippen MR) is 67.6 cm³/mol. The predicted octanol–water partition coefficient (Wildman–Crippen LogP) is 1.86. The maximum atomic E-state index is 11.6. The van der Waals surface area contributed by atoms with E-state index in [1.54, 1.807) is 12.3 Å². The van der Waals surface area contributed by atoms with Crippen LogP contribution in [0.3, 0.4) is 0 Å². The molecule has 1 heterocycles. The zero-order valence-electron chi connectivity index (χ0n) is 10.5. The van der Waals surface area contributed by atoms with Gasteiger partial charge in [-0.3, -0.25) is 4.68 Å². The van der Waals surface area contributed by atoms with Gasteiger partial charge in [-0.2, -0.15) is 5.10 Å². The van der Waals surface area contributed by atoms with Crippen LogP contribution in [0.2, 0.25) is 0 Å². The number of benzene rings is 1. The largest absolute Gasteiger partial charge is 0.465 e. The first-order valence-electron chi connectivity index (χ1n) is 5.88. The van der Waals surface area contributed by atoms with Crippen LogP contribution < -0.4 is 0 Å². The average Bonchev–Trinajstić information content (AvgIpc) is 2.81. The molecule has 0 N–H and O–H groups in total. The van der Waals surface area contributed by atoms with Gasteiger partial charge >= 0.3 is 5.97 Å². The highest BCUT2D eigenvalue weighted by molar-refractivity contribution is 6.03. The summed E-state index contributed by atoms with van der Waals surface area (Å²) in [5, 5.41) is 5.08. The lowest BCUT2D eigenvalue weighted by atomic mass is 10.1. The van der Waals surface area contributed by atoms with Crippen molar-refractivity contribution in [3.8, 4) is 0 Å². The van der Waals surface area contributed by atoms with E-state index >= 15 is 0 Å². The molecular formula is C13H16N2O3. The number of aromatic nitrogens is 2. The van der Waals surface area contributed by atoms with Crippen LogP contribution in [0.25, 0.3) is 10.9 Å². The highest BCUT2D eigenvalue weighted by atomic mass is 16.5. The number of carbonyl (C=O) groups is 1. The molecule has 18 heavy (non-hydrogen) atoms. The fourth-order valence-electron chi connectivity index (χ4n) is 1.86. The first-order valence-corrected chi connectivity index (χ1v) is 5.88. The van der Waals surface area contributed by atoms with Crippen LogP contribution in [0, 0.1) is 0 Å². The molecule has 0 saturated carbocycles. The summed E-state index contributed by atoms with van der Waals surface area (Å²) in [7, 11) is 1.38. The molecule has 0 aliphatic rings. The van der Waals surface area contributed by atoms with E-state index in [4.69, 9.17) is 9.47 Å². The van der Waals surface area contributed by atoms with Crippen molar-refractivity contribution in [1.29, 1.82) is 0 Å². The zero-order chi connectivity index (χ0) is 13.0. The zero-order valence-corrected chi connectivity index (χ0v) is 10.5. The summed E-state index contributed by atoms with van der Waals surface area (Å²) >= 11 is 0. The Morgan fingerprint density at radius 3 is 3.00 bits per heavy atom. The van der Waals surface area contributed by atoms with E-state index in [0.29, 0.717) is 25.3 Å². The molecule has 0 aliphatic heterocycles. The van der Waals surface area contributed by atoms with E-state index in [0.717, 1.165) is 10.9 Å². The molecule has 0 fully saturated rings. The van der Waals surface area contributed by atoms with Crippen LogP contribution in [0.5, 0.6) is 0 Å². The molecule has 2 aromatic rings. The number of ether oxygens (including phenoxy) is 2. The normalized spacial score (nSPS) is 10.8. The van der Waals surface area contributed by atoms with Crippen LogP contribution in [0.1, 0.15) is 17.3 Å².